The first-order valence-electron chi connectivity index (χ1n) is 4.11. The third-order valence-corrected chi connectivity index (χ3v) is 2.04. The number of hydrogen-bond donors (Lipinski definition) is 1. The average molecular weight is 168 g/mol. The molecule has 0 aromatic carbocycles. The molecule has 0 amide bonds. The highest BCUT2D eigenvalue weighted by atomic mass is 16.4. The minimum absolute atomic E-state index is 0.154. The highest BCUT2D eigenvalue weighted by Gasteiger charge is 2.13. The smallest absolute Gasteiger partial charge is 0.303 e. The number of hydrogen-bond acceptors (Lipinski definition) is 2. The molecular formula is C9H12O3. The Morgan fingerprint density at radius 1 is 1.67 bits per heavy atom. The SMILES string of the molecule is O=C(O)CCC1C=CC(=O)CC1. The zero-order chi connectivity index (χ0) is 8.97. The normalized spacial score (nSPS) is 22.7. The highest BCUT2D eigenvalue weighted by molar-refractivity contribution is 5.90. The predicted octanol–water partition coefficient (Wildman–Crippen LogP) is 1.39. The van der Waals surface area contributed by atoms with Crippen LogP contribution in [0.15, 0.2) is 12.2 Å². The molecule has 0 heterocycles. The van der Waals surface area contributed by atoms with E-state index in [0.29, 0.717) is 18.8 Å². The zero-order valence-electron chi connectivity index (χ0n) is 6.82. The second-order valence-corrected chi connectivity index (χ2v) is 3.06. The molecule has 1 unspecified atom stereocenters. The maximum atomic E-state index is 10.7. The van der Waals surface area contributed by atoms with E-state index in [1.54, 1.807) is 6.08 Å². The molecule has 0 aromatic heterocycles. The maximum Gasteiger partial charge on any atom is 0.303 e. The second-order valence-electron chi connectivity index (χ2n) is 3.06. The Kier molecular flexibility index (Phi) is 3.02. The summed E-state index contributed by atoms with van der Waals surface area (Å²) in [6.07, 6.45) is 5.62. The van der Waals surface area contributed by atoms with Crippen LogP contribution < -0.4 is 0 Å². The van der Waals surface area contributed by atoms with Crippen LogP contribution >= 0.6 is 0 Å². The van der Waals surface area contributed by atoms with E-state index in [2.05, 4.69) is 0 Å². The molecule has 0 spiro atoms. The summed E-state index contributed by atoms with van der Waals surface area (Å²) in [4.78, 5) is 21.0. The van der Waals surface area contributed by atoms with Crippen LogP contribution in [0, 0.1) is 5.92 Å². The number of aliphatic carboxylic acids is 1. The van der Waals surface area contributed by atoms with E-state index in [1.165, 1.54) is 0 Å². The van der Waals surface area contributed by atoms with Gasteiger partial charge in [-0.2, -0.15) is 0 Å². The standard InChI is InChI=1S/C9H12O3/c10-8-4-1-7(2-5-8)3-6-9(11)12/h1,4,7H,2-3,5-6H2,(H,11,12). The summed E-state index contributed by atoms with van der Waals surface area (Å²) in [6.45, 7) is 0. The Labute approximate surface area is 71.1 Å². The van der Waals surface area contributed by atoms with Gasteiger partial charge in [-0.1, -0.05) is 6.08 Å². The quantitative estimate of drug-likeness (QED) is 0.692. The number of rotatable bonds is 3. The lowest BCUT2D eigenvalue weighted by atomic mass is 9.91. The molecule has 66 valence electrons. The number of carbonyl (C=O) groups is 2. The Hall–Kier alpha value is -1.12. The van der Waals surface area contributed by atoms with Gasteiger partial charge >= 0.3 is 5.97 Å². The molecule has 3 heteroatoms. The first kappa shape index (κ1) is 8.97. The molecule has 0 fully saturated rings. The van der Waals surface area contributed by atoms with Crippen LogP contribution in [0.2, 0.25) is 0 Å². The van der Waals surface area contributed by atoms with Crippen LogP contribution in [0.1, 0.15) is 25.7 Å². The summed E-state index contributed by atoms with van der Waals surface area (Å²) < 4.78 is 0. The van der Waals surface area contributed by atoms with E-state index in [1.807, 2.05) is 6.08 Å². The monoisotopic (exact) mass is 168 g/mol. The molecule has 1 atom stereocenters. The van der Waals surface area contributed by atoms with E-state index in [0.717, 1.165) is 6.42 Å². The fraction of sp³-hybridized carbons (Fsp3) is 0.556. The topological polar surface area (TPSA) is 54.4 Å². The molecule has 0 aromatic rings. The van der Waals surface area contributed by atoms with Gasteiger partial charge < -0.3 is 5.11 Å². The van der Waals surface area contributed by atoms with Gasteiger partial charge in [0.05, 0.1) is 0 Å². The highest BCUT2D eigenvalue weighted by Crippen LogP contribution is 2.19. The van der Waals surface area contributed by atoms with Gasteiger partial charge in [0.25, 0.3) is 0 Å². The summed E-state index contributed by atoms with van der Waals surface area (Å²) in [6, 6.07) is 0. The largest absolute Gasteiger partial charge is 0.481 e. The van der Waals surface area contributed by atoms with Gasteiger partial charge in [0.15, 0.2) is 5.78 Å². The molecule has 0 saturated heterocycles. The molecule has 0 saturated carbocycles. The Bertz CT molecular complexity index is 218. The van der Waals surface area contributed by atoms with E-state index >= 15 is 0 Å². The minimum Gasteiger partial charge on any atom is -0.481 e. The third kappa shape index (κ3) is 2.86. The molecule has 12 heavy (non-hydrogen) atoms. The molecule has 0 radical (unpaired) electrons. The van der Waals surface area contributed by atoms with Crippen LogP contribution in [-0.4, -0.2) is 16.9 Å². The summed E-state index contributed by atoms with van der Waals surface area (Å²) in [7, 11) is 0. The maximum absolute atomic E-state index is 10.7. The van der Waals surface area contributed by atoms with Crippen molar-refractivity contribution in [3.05, 3.63) is 12.2 Å². The Balaban J connectivity index is 2.30. The van der Waals surface area contributed by atoms with Crippen LogP contribution in [0.5, 0.6) is 0 Å². The van der Waals surface area contributed by atoms with E-state index in [-0.39, 0.29) is 12.2 Å². The lowest BCUT2D eigenvalue weighted by Gasteiger charge is -2.13. The molecule has 1 aliphatic carbocycles. The van der Waals surface area contributed by atoms with Crippen LogP contribution in [0.3, 0.4) is 0 Å². The fourth-order valence-corrected chi connectivity index (χ4v) is 1.30. The number of ketones is 1. The second kappa shape index (κ2) is 4.04. The van der Waals surface area contributed by atoms with Crippen molar-refractivity contribution in [1.82, 2.24) is 0 Å². The first-order valence-corrected chi connectivity index (χ1v) is 4.11. The van der Waals surface area contributed by atoms with Crippen molar-refractivity contribution in [2.24, 2.45) is 5.92 Å². The lowest BCUT2D eigenvalue weighted by molar-refractivity contribution is -0.137. The summed E-state index contributed by atoms with van der Waals surface area (Å²) in [5, 5.41) is 8.41. The van der Waals surface area contributed by atoms with Crippen molar-refractivity contribution < 1.29 is 14.7 Å². The van der Waals surface area contributed by atoms with E-state index < -0.39 is 5.97 Å². The molecule has 3 nitrogen and oxygen atoms in total. The van der Waals surface area contributed by atoms with Crippen LogP contribution in [0.25, 0.3) is 0 Å². The van der Waals surface area contributed by atoms with Crippen molar-refractivity contribution in [1.29, 1.82) is 0 Å². The number of carboxylic acids is 1. The number of carbonyl (C=O) groups excluding carboxylic acids is 1. The van der Waals surface area contributed by atoms with Crippen LogP contribution in [0.4, 0.5) is 0 Å². The van der Waals surface area contributed by atoms with Crippen LogP contribution in [-0.2, 0) is 9.59 Å². The van der Waals surface area contributed by atoms with E-state index in [4.69, 9.17) is 5.11 Å². The summed E-state index contributed by atoms with van der Waals surface area (Å²) in [5.41, 5.74) is 0. The Morgan fingerprint density at radius 2 is 2.42 bits per heavy atom. The third-order valence-electron chi connectivity index (χ3n) is 2.04. The Morgan fingerprint density at radius 3 is 2.92 bits per heavy atom. The minimum atomic E-state index is -0.764. The molecule has 1 aliphatic rings. The van der Waals surface area contributed by atoms with Gasteiger partial charge in [-0.25, -0.2) is 0 Å². The first-order chi connectivity index (χ1) is 5.68. The molecule has 1 N–H and O–H groups in total. The molecule has 0 aliphatic heterocycles. The average Bonchev–Trinajstić information content (AvgIpc) is 2.03. The van der Waals surface area contributed by atoms with Gasteiger partial charge in [-0.15, -0.1) is 0 Å². The lowest BCUT2D eigenvalue weighted by Crippen LogP contribution is -2.09. The van der Waals surface area contributed by atoms with Crippen molar-refractivity contribution in [3.8, 4) is 0 Å². The number of carboxylic acid groups (broad SMARTS) is 1. The van der Waals surface area contributed by atoms with Gasteiger partial charge in [-0.3, -0.25) is 9.59 Å². The van der Waals surface area contributed by atoms with Crippen molar-refractivity contribution in [2.45, 2.75) is 25.7 Å². The summed E-state index contributed by atoms with van der Waals surface area (Å²) in [5.74, 6) is -0.319. The predicted molar refractivity (Wildman–Crippen MR) is 43.7 cm³/mol. The van der Waals surface area contributed by atoms with Crippen molar-refractivity contribution in [2.75, 3.05) is 0 Å². The number of allylic oxidation sites excluding steroid dienone is 2. The van der Waals surface area contributed by atoms with Crippen molar-refractivity contribution in [3.63, 3.8) is 0 Å². The van der Waals surface area contributed by atoms with Gasteiger partial charge in [0, 0.05) is 12.8 Å². The van der Waals surface area contributed by atoms with Gasteiger partial charge in [-0.05, 0) is 24.8 Å². The molecular weight excluding hydrogens is 156 g/mol. The van der Waals surface area contributed by atoms with E-state index in [9.17, 15) is 9.59 Å². The van der Waals surface area contributed by atoms with Gasteiger partial charge in [0.2, 0.25) is 0 Å². The summed E-state index contributed by atoms with van der Waals surface area (Å²) >= 11 is 0. The zero-order valence-corrected chi connectivity index (χ0v) is 6.82. The molecule has 0 bridgehead atoms. The molecule has 1 rings (SSSR count). The fourth-order valence-electron chi connectivity index (χ4n) is 1.30. The van der Waals surface area contributed by atoms with Gasteiger partial charge in [0.1, 0.15) is 0 Å². The van der Waals surface area contributed by atoms with Crippen molar-refractivity contribution >= 4 is 11.8 Å².